The fourth-order valence-electron chi connectivity index (χ4n) is 7.22. The summed E-state index contributed by atoms with van der Waals surface area (Å²) in [5, 5.41) is 0. The van der Waals surface area contributed by atoms with E-state index in [0.29, 0.717) is 13.6 Å². The molecule has 4 bridgehead atoms. The molecule has 4 aliphatic rings. The molecule has 4 heterocycles. The third-order valence-electron chi connectivity index (χ3n) is 8.80. The highest BCUT2D eigenvalue weighted by Crippen LogP contribution is 2.93. The van der Waals surface area contributed by atoms with Crippen molar-refractivity contribution >= 4 is 70.6 Å². The molecule has 224 valence electrons. The summed E-state index contributed by atoms with van der Waals surface area (Å²) in [5.41, 5.74) is 0. The summed E-state index contributed by atoms with van der Waals surface area (Å²) < 4.78 is 1.31. The minimum Gasteiger partial charge on any atom is -0.104 e. The normalized spacial score (nSPS) is 32.5. The average molecular weight is 637 g/mol. The van der Waals surface area contributed by atoms with Crippen molar-refractivity contribution in [3.8, 4) is 0 Å². The van der Waals surface area contributed by atoms with Crippen molar-refractivity contribution in [3.63, 3.8) is 0 Å². The quantitative estimate of drug-likeness (QED) is 0.129. The van der Waals surface area contributed by atoms with Crippen LogP contribution in [0.2, 0.25) is 0 Å². The molecule has 0 nitrogen and oxygen atoms in total. The molecular formula is C32H60S6. The first kappa shape index (κ1) is 34.6. The first-order valence-corrected chi connectivity index (χ1v) is 21.4. The van der Waals surface area contributed by atoms with Crippen LogP contribution in [0.15, 0.2) is 0 Å². The van der Waals surface area contributed by atoms with Crippen LogP contribution >= 0.6 is 70.6 Å². The van der Waals surface area contributed by atoms with Crippen molar-refractivity contribution in [2.45, 2.75) is 172 Å². The molecule has 0 radical (unpaired) electrons. The Bertz CT molecular complexity index is 522. The molecule has 38 heavy (non-hydrogen) atoms. The van der Waals surface area contributed by atoms with Crippen LogP contribution in [0.3, 0.4) is 0 Å². The summed E-state index contributed by atoms with van der Waals surface area (Å²) in [6.07, 6.45) is 22.0. The lowest BCUT2D eigenvalue weighted by Crippen LogP contribution is -2.61. The molecular weight excluding hydrogens is 577 g/mol. The van der Waals surface area contributed by atoms with Crippen LogP contribution in [0.4, 0.5) is 0 Å². The zero-order valence-electron chi connectivity index (χ0n) is 26.1. The van der Waals surface area contributed by atoms with Gasteiger partial charge in [0.2, 0.25) is 0 Å². The van der Waals surface area contributed by atoms with E-state index in [1.54, 1.807) is 0 Å². The maximum absolute atomic E-state index is 2.52. The van der Waals surface area contributed by atoms with E-state index < -0.39 is 0 Å². The lowest BCUT2D eigenvalue weighted by molar-refractivity contribution is 0.409. The fourth-order valence-corrected chi connectivity index (χ4v) is 29.7. The third kappa shape index (κ3) is 7.07. The predicted octanol–water partition coefficient (Wildman–Crippen LogP) is 13.9. The van der Waals surface area contributed by atoms with Crippen LogP contribution in [0.5, 0.6) is 0 Å². The Morgan fingerprint density at radius 1 is 0.289 bits per heavy atom. The monoisotopic (exact) mass is 636 g/mol. The van der Waals surface area contributed by atoms with Crippen LogP contribution in [0.25, 0.3) is 0 Å². The maximum Gasteiger partial charge on any atom is 0.116 e. The van der Waals surface area contributed by atoms with Gasteiger partial charge in [-0.3, -0.25) is 0 Å². The van der Waals surface area contributed by atoms with Gasteiger partial charge < -0.3 is 0 Å². The Kier molecular flexibility index (Phi) is 14.3. The van der Waals surface area contributed by atoms with E-state index in [9.17, 15) is 0 Å². The highest BCUT2D eigenvalue weighted by atomic mass is 32.4. The summed E-state index contributed by atoms with van der Waals surface area (Å²) in [6.45, 7) is 19.6. The molecule has 0 aromatic carbocycles. The van der Waals surface area contributed by atoms with E-state index >= 15 is 0 Å². The average Bonchev–Trinajstić information content (AvgIpc) is 2.87. The summed E-state index contributed by atoms with van der Waals surface area (Å²) >= 11 is 15.1. The van der Waals surface area contributed by atoms with Crippen molar-refractivity contribution < 1.29 is 0 Å². The van der Waals surface area contributed by atoms with E-state index in [4.69, 9.17) is 0 Å². The maximum atomic E-state index is 2.52. The van der Waals surface area contributed by atoms with Gasteiger partial charge in [0, 0.05) is 0 Å². The Labute approximate surface area is 264 Å². The van der Waals surface area contributed by atoms with E-state index in [0.717, 1.165) is 23.7 Å². The van der Waals surface area contributed by atoms with Crippen LogP contribution in [-0.2, 0) is 0 Å². The number of rotatable bonds is 20. The zero-order valence-corrected chi connectivity index (χ0v) is 31.0. The third-order valence-corrected chi connectivity index (χ3v) is 22.2. The van der Waals surface area contributed by atoms with Crippen molar-refractivity contribution in [1.29, 1.82) is 0 Å². The van der Waals surface area contributed by atoms with Crippen LogP contribution in [-0.4, -0.2) is 13.6 Å². The van der Waals surface area contributed by atoms with Gasteiger partial charge in [-0.15, -0.1) is 70.6 Å². The Balaban J connectivity index is 2.28. The number of hydrogen-bond donors (Lipinski definition) is 0. The second-order valence-electron chi connectivity index (χ2n) is 12.1. The van der Waals surface area contributed by atoms with Crippen LogP contribution in [0.1, 0.15) is 158 Å². The predicted molar refractivity (Wildman–Crippen MR) is 190 cm³/mol. The molecule has 0 saturated carbocycles. The van der Waals surface area contributed by atoms with E-state index in [-0.39, 0.29) is 0 Å². The van der Waals surface area contributed by atoms with Crippen molar-refractivity contribution in [2.24, 2.45) is 23.7 Å². The van der Waals surface area contributed by atoms with Gasteiger partial charge >= 0.3 is 0 Å². The standard InChI is InChI=1S/C32H60S6/c1-9-17-25(18-10-2)29-33-30(26(19-11-3)20-12-4)36-31(34-29,27(21-13-5)22-14-6)38-32(35-29,37-30)28(23-15-7)24-16-8/h25-28H,9-24H2,1-8H3. The molecule has 0 aromatic rings. The van der Waals surface area contributed by atoms with Crippen LogP contribution in [0, 0.1) is 23.7 Å². The lowest BCUT2D eigenvalue weighted by Gasteiger charge is -2.72. The van der Waals surface area contributed by atoms with E-state index in [1.165, 1.54) is 103 Å². The second kappa shape index (κ2) is 15.7. The summed E-state index contributed by atoms with van der Waals surface area (Å²) in [7, 11) is 0. The topological polar surface area (TPSA) is 0 Å². The van der Waals surface area contributed by atoms with Gasteiger partial charge in [0.15, 0.2) is 0 Å². The van der Waals surface area contributed by atoms with E-state index in [2.05, 4.69) is 126 Å². The molecule has 6 heteroatoms. The van der Waals surface area contributed by atoms with Crippen molar-refractivity contribution in [1.82, 2.24) is 0 Å². The largest absolute Gasteiger partial charge is 0.116 e. The van der Waals surface area contributed by atoms with Crippen molar-refractivity contribution in [2.75, 3.05) is 0 Å². The molecule has 0 atom stereocenters. The molecule has 4 rings (SSSR count). The van der Waals surface area contributed by atoms with Gasteiger partial charge in [-0.1, -0.05) is 107 Å². The highest BCUT2D eigenvalue weighted by Gasteiger charge is 2.76. The molecule has 0 aliphatic carbocycles. The minimum atomic E-state index is 0.326. The number of hydrogen-bond acceptors (Lipinski definition) is 6. The number of thioether (sulfide) groups is 6. The SMILES string of the molecule is CCCC(CCC)C12SC3(C(CCC)CCC)SC(C(CCC)CCC)(S1)SC(C(CCC)CCC)(S2)S3. The second-order valence-corrected chi connectivity index (χ2v) is 24.2. The Morgan fingerprint density at radius 3 is 0.526 bits per heavy atom. The van der Waals surface area contributed by atoms with Gasteiger partial charge in [-0.05, 0) is 75.0 Å². The van der Waals surface area contributed by atoms with Gasteiger partial charge in [-0.2, -0.15) is 0 Å². The zero-order chi connectivity index (χ0) is 27.9. The molecule has 4 aliphatic heterocycles. The van der Waals surface area contributed by atoms with Crippen molar-refractivity contribution in [3.05, 3.63) is 0 Å². The van der Waals surface area contributed by atoms with Gasteiger partial charge in [-0.25, -0.2) is 0 Å². The molecule has 0 N–H and O–H groups in total. The van der Waals surface area contributed by atoms with Gasteiger partial charge in [0.05, 0.1) is 0 Å². The summed E-state index contributed by atoms with van der Waals surface area (Å²) in [6, 6.07) is 0. The summed E-state index contributed by atoms with van der Waals surface area (Å²) in [4.78, 5) is 0. The molecule has 0 unspecified atom stereocenters. The molecule has 0 aromatic heterocycles. The molecule has 4 saturated heterocycles. The van der Waals surface area contributed by atoms with Gasteiger partial charge in [0.25, 0.3) is 0 Å². The summed E-state index contributed by atoms with van der Waals surface area (Å²) in [5.74, 6) is 3.31. The highest BCUT2D eigenvalue weighted by molar-refractivity contribution is 8.64. The fraction of sp³-hybridized carbons (Fsp3) is 1.00. The van der Waals surface area contributed by atoms with Crippen LogP contribution < -0.4 is 0 Å². The van der Waals surface area contributed by atoms with Gasteiger partial charge in [0.1, 0.15) is 13.6 Å². The Hall–Kier alpha value is 2.10. The molecule has 4 fully saturated rings. The first-order chi connectivity index (χ1) is 18.3. The minimum absolute atomic E-state index is 0.326. The smallest absolute Gasteiger partial charge is 0.104 e. The lowest BCUT2D eigenvalue weighted by atomic mass is 9.99. The molecule has 0 spiro atoms. The van der Waals surface area contributed by atoms with E-state index in [1.807, 2.05) is 0 Å². The first-order valence-electron chi connectivity index (χ1n) is 16.5. The molecule has 0 amide bonds. The Morgan fingerprint density at radius 2 is 0.421 bits per heavy atom.